The fourth-order valence-corrected chi connectivity index (χ4v) is 2.51. The average Bonchev–Trinajstić information content (AvgIpc) is 3.26. The van der Waals surface area contributed by atoms with Crippen LogP contribution in [0, 0.1) is 6.92 Å². The number of nitrogens with one attached hydrogen (secondary N) is 1. The molecule has 130 valence electrons. The number of aromatic nitrogens is 2. The second kappa shape index (κ2) is 7.31. The van der Waals surface area contributed by atoms with Crippen molar-refractivity contribution in [3.05, 3.63) is 59.9 Å². The minimum Gasteiger partial charge on any atom is -0.467 e. The molecule has 0 aliphatic rings. The molecule has 7 nitrogen and oxygen atoms in total. The van der Waals surface area contributed by atoms with Crippen LogP contribution in [0.15, 0.2) is 51.6 Å². The minimum atomic E-state index is -0.765. The first-order valence-electron chi connectivity index (χ1n) is 7.96. The van der Waals surface area contributed by atoms with Crippen molar-refractivity contribution < 1.29 is 18.8 Å². The number of rotatable bonds is 6. The molecule has 1 amide bonds. The van der Waals surface area contributed by atoms with Gasteiger partial charge in [0.1, 0.15) is 11.9 Å². The van der Waals surface area contributed by atoms with Crippen molar-refractivity contribution in [1.82, 2.24) is 15.5 Å². The number of hydrogen-bond acceptors (Lipinski definition) is 6. The Morgan fingerprint density at radius 3 is 2.84 bits per heavy atom. The summed E-state index contributed by atoms with van der Waals surface area (Å²) in [4.78, 5) is 16.6. The Labute approximate surface area is 144 Å². The molecule has 1 aromatic carbocycles. The quantitative estimate of drug-likeness (QED) is 0.715. The van der Waals surface area contributed by atoms with Gasteiger partial charge in [-0.3, -0.25) is 4.79 Å². The van der Waals surface area contributed by atoms with E-state index in [4.69, 9.17) is 8.94 Å². The lowest BCUT2D eigenvalue weighted by Crippen LogP contribution is -2.33. The van der Waals surface area contributed by atoms with Gasteiger partial charge >= 0.3 is 0 Å². The van der Waals surface area contributed by atoms with Crippen LogP contribution in [0.3, 0.4) is 0 Å². The number of amides is 1. The van der Waals surface area contributed by atoms with E-state index in [1.165, 1.54) is 6.26 Å². The summed E-state index contributed by atoms with van der Waals surface area (Å²) >= 11 is 0. The van der Waals surface area contributed by atoms with E-state index >= 15 is 0 Å². The average molecular weight is 341 g/mol. The highest BCUT2D eigenvalue weighted by Gasteiger charge is 2.17. The number of furan rings is 1. The highest BCUT2D eigenvalue weighted by Crippen LogP contribution is 2.20. The van der Waals surface area contributed by atoms with Crippen LogP contribution in [-0.2, 0) is 0 Å². The molecule has 2 aromatic heterocycles. The van der Waals surface area contributed by atoms with Crippen molar-refractivity contribution >= 4 is 5.91 Å². The smallest absolute Gasteiger partial charge is 0.251 e. The molecule has 0 saturated heterocycles. The van der Waals surface area contributed by atoms with Gasteiger partial charge < -0.3 is 19.4 Å². The molecule has 2 N–H and O–H groups in total. The lowest BCUT2D eigenvalue weighted by atomic mass is 10.1. The molecule has 0 aliphatic carbocycles. The molecule has 0 bridgehead atoms. The SMILES string of the molecule is Cc1nc(-c2cccc(C(=O)NC(C)CC(O)c3ccco3)c2)no1. The summed E-state index contributed by atoms with van der Waals surface area (Å²) in [6.07, 6.45) is 1.09. The second-order valence-corrected chi connectivity index (χ2v) is 5.86. The van der Waals surface area contributed by atoms with Gasteiger partial charge in [-0.25, -0.2) is 0 Å². The van der Waals surface area contributed by atoms with Crippen LogP contribution >= 0.6 is 0 Å². The van der Waals surface area contributed by atoms with Crippen LogP contribution in [0.5, 0.6) is 0 Å². The van der Waals surface area contributed by atoms with Gasteiger partial charge in [-0.1, -0.05) is 17.3 Å². The zero-order chi connectivity index (χ0) is 17.8. The van der Waals surface area contributed by atoms with Crippen LogP contribution in [0.2, 0.25) is 0 Å². The monoisotopic (exact) mass is 341 g/mol. The third-order valence-electron chi connectivity index (χ3n) is 3.74. The highest BCUT2D eigenvalue weighted by atomic mass is 16.5. The predicted molar refractivity (Wildman–Crippen MR) is 89.7 cm³/mol. The van der Waals surface area contributed by atoms with Gasteiger partial charge in [0.2, 0.25) is 11.7 Å². The summed E-state index contributed by atoms with van der Waals surface area (Å²) in [6, 6.07) is 10.2. The van der Waals surface area contributed by atoms with E-state index in [1.807, 2.05) is 13.0 Å². The van der Waals surface area contributed by atoms with Crippen LogP contribution in [-0.4, -0.2) is 27.2 Å². The number of nitrogens with zero attached hydrogens (tertiary/aromatic N) is 2. The molecule has 2 heterocycles. The third-order valence-corrected chi connectivity index (χ3v) is 3.74. The van der Waals surface area contributed by atoms with Crippen molar-refractivity contribution in [2.75, 3.05) is 0 Å². The van der Waals surface area contributed by atoms with Gasteiger partial charge in [0.05, 0.1) is 6.26 Å². The predicted octanol–water partition coefficient (Wildman–Crippen LogP) is 2.88. The zero-order valence-electron chi connectivity index (χ0n) is 14.0. The van der Waals surface area contributed by atoms with Crippen molar-refractivity contribution in [2.24, 2.45) is 0 Å². The van der Waals surface area contributed by atoms with E-state index < -0.39 is 6.10 Å². The number of aliphatic hydroxyl groups excluding tert-OH is 1. The molecule has 3 aromatic rings. The normalized spacial score (nSPS) is 13.4. The fourth-order valence-electron chi connectivity index (χ4n) is 2.51. The molecule has 2 unspecified atom stereocenters. The van der Waals surface area contributed by atoms with E-state index in [0.717, 1.165) is 0 Å². The first-order chi connectivity index (χ1) is 12.0. The molecule has 25 heavy (non-hydrogen) atoms. The Bertz CT molecular complexity index is 842. The molecule has 7 heteroatoms. The third kappa shape index (κ3) is 4.13. The van der Waals surface area contributed by atoms with Crippen molar-refractivity contribution in [3.63, 3.8) is 0 Å². The summed E-state index contributed by atoms with van der Waals surface area (Å²) < 4.78 is 10.1. The van der Waals surface area contributed by atoms with Crippen LogP contribution in [0.1, 0.15) is 41.5 Å². The summed E-state index contributed by atoms with van der Waals surface area (Å²) in [6.45, 7) is 3.54. The fraction of sp³-hybridized carbons (Fsp3) is 0.278. The summed E-state index contributed by atoms with van der Waals surface area (Å²) in [5.41, 5.74) is 1.19. The topological polar surface area (TPSA) is 101 Å². The van der Waals surface area contributed by atoms with E-state index in [0.29, 0.717) is 35.0 Å². The Kier molecular flexibility index (Phi) is 4.95. The first kappa shape index (κ1) is 16.9. The minimum absolute atomic E-state index is 0.233. The Hall–Kier alpha value is -2.93. The van der Waals surface area contributed by atoms with Crippen LogP contribution < -0.4 is 5.32 Å². The summed E-state index contributed by atoms with van der Waals surface area (Å²) in [7, 11) is 0. The lowest BCUT2D eigenvalue weighted by molar-refractivity contribution is 0.0903. The molecular weight excluding hydrogens is 322 g/mol. The highest BCUT2D eigenvalue weighted by molar-refractivity contribution is 5.95. The van der Waals surface area contributed by atoms with Gasteiger partial charge in [-0.2, -0.15) is 4.98 Å². The van der Waals surface area contributed by atoms with Gasteiger partial charge in [-0.05, 0) is 31.2 Å². The van der Waals surface area contributed by atoms with Gasteiger partial charge in [0.25, 0.3) is 5.91 Å². The number of aliphatic hydroxyl groups is 1. The van der Waals surface area contributed by atoms with E-state index in [-0.39, 0.29) is 11.9 Å². The Balaban J connectivity index is 1.65. The van der Waals surface area contributed by atoms with E-state index in [2.05, 4.69) is 15.5 Å². The first-order valence-corrected chi connectivity index (χ1v) is 7.96. The number of carbonyl (C=O) groups is 1. The molecule has 0 spiro atoms. The second-order valence-electron chi connectivity index (χ2n) is 5.86. The molecule has 0 saturated carbocycles. The van der Waals surface area contributed by atoms with Gasteiger partial charge in [0.15, 0.2) is 0 Å². The molecule has 0 fully saturated rings. The van der Waals surface area contributed by atoms with Crippen molar-refractivity contribution in [2.45, 2.75) is 32.4 Å². The number of aryl methyl sites for hydroxylation is 1. The number of benzene rings is 1. The van der Waals surface area contributed by atoms with Crippen LogP contribution in [0.4, 0.5) is 0 Å². The largest absolute Gasteiger partial charge is 0.467 e. The number of carbonyl (C=O) groups excluding carboxylic acids is 1. The Morgan fingerprint density at radius 2 is 2.16 bits per heavy atom. The number of hydrogen-bond donors (Lipinski definition) is 2. The standard InChI is InChI=1S/C18H19N3O4/c1-11(9-15(22)16-7-4-8-24-16)19-18(23)14-6-3-5-13(10-14)17-20-12(2)25-21-17/h3-8,10-11,15,22H,9H2,1-2H3,(H,19,23). The molecule has 2 atom stereocenters. The zero-order valence-corrected chi connectivity index (χ0v) is 14.0. The molecule has 0 radical (unpaired) electrons. The van der Waals surface area contributed by atoms with Gasteiger partial charge in [0, 0.05) is 30.5 Å². The van der Waals surface area contributed by atoms with Crippen molar-refractivity contribution in [3.8, 4) is 11.4 Å². The lowest BCUT2D eigenvalue weighted by Gasteiger charge is -2.17. The maximum atomic E-state index is 12.4. The summed E-state index contributed by atoms with van der Waals surface area (Å²) in [5, 5.41) is 16.8. The maximum absolute atomic E-state index is 12.4. The van der Waals surface area contributed by atoms with Crippen molar-refractivity contribution in [1.29, 1.82) is 0 Å². The van der Waals surface area contributed by atoms with Gasteiger partial charge in [-0.15, -0.1) is 0 Å². The molecular formula is C18H19N3O4. The van der Waals surface area contributed by atoms with E-state index in [9.17, 15) is 9.90 Å². The summed E-state index contributed by atoms with van der Waals surface area (Å²) in [5.74, 6) is 1.15. The maximum Gasteiger partial charge on any atom is 0.251 e. The Morgan fingerprint density at radius 1 is 1.32 bits per heavy atom. The molecule has 0 aliphatic heterocycles. The molecule has 3 rings (SSSR count). The van der Waals surface area contributed by atoms with Crippen LogP contribution in [0.25, 0.3) is 11.4 Å². The van der Waals surface area contributed by atoms with E-state index in [1.54, 1.807) is 37.3 Å².